The summed E-state index contributed by atoms with van der Waals surface area (Å²) in [7, 11) is 1.60. The lowest BCUT2D eigenvalue weighted by Crippen LogP contribution is -2.36. The first-order valence-corrected chi connectivity index (χ1v) is 8.26. The number of benzene rings is 1. The molecule has 0 aromatic heterocycles. The highest BCUT2D eigenvalue weighted by atomic mass is 16.5. The average Bonchev–Trinajstić information content (AvgIpc) is 2.51. The molecule has 0 radical (unpaired) electrons. The van der Waals surface area contributed by atoms with E-state index in [1.165, 1.54) is 25.9 Å². The molecule has 0 aliphatic carbocycles. The second-order valence-electron chi connectivity index (χ2n) is 6.31. The Labute approximate surface area is 133 Å². The molecular formula is C18H28N2O2. The number of aryl methyl sites for hydroxylation is 1. The van der Waals surface area contributed by atoms with Crippen molar-refractivity contribution in [3.05, 3.63) is 29.3 Å². The van der Waals surface area contributed by atoms with Gasteiger partial charge in [0.1, 0.15) is 5.75 Å². The first kappa shape index (κ1) is 16.8. The molecule has 4 heteroatoms. The van der Waals surface area contributed by atoms with Gasteiger partial charge >= 0.3 is 0 Å². The molecule has 1 unspecified atom stereocenters. The van der Waals surface area contributed by atoms with Gasteiger partial charge in [-0.1, -0.05) is 19.1 Å². The van der Waals surface area contributed by atoms with Crippen LogP contribution in [-0.4, -0.2) is 44.1 Å². The Hall–Kier alpha value is -1.55. The van der Waals surface area contributed by atoms with Gasteiger partial charge in [0.15, 0.2) is 0 Å². The van der Waals surface area contributed by atoms with Crippen molar-refractivity contribution in [1.82, 2.24) is 10.2 Å². The normalized spacial score (nSPS) is 19.0. The number of likely N-dealkylation sites (tertiary alicyclic amines) is 1. The van der Waals surface area contributed by atoms with Gasteiger partial charge in [-0.2, -0.15) is 0 Å². The van der Waals surface area contributed by atoms with Crippen molar-refractivity contribution < 1.29 is 9.53 Å². The predicted octanol–water partition coefficient (Wildman–Crippen LogP) is 2.86. The molecule has 1 atom stereocenters. The Morgan fingerprint density at radius 3 is 3.00 bits per heavy atom. The van der Waals surface area contributed by atoms with Gasteiger partial charge in [0.2, 0.25) is 0 Å². The van der Waals surface area contributed by atoms with Crippen LogP contribution in [0.2, 0.25) is 0 Å². The van der Waals surface area contributed by atoms with Crippen LogP contribution in [0.25, 0.3) is 0 Å². The van der Waals surface area contributed by atoms with Crippen molar-refractivity contribution >= 4 is 5.91 Å². The quantitative estimate of drug-likeness (QED) is 0.822. The standard InChI is InChI=1S/C18H28N2O2/c1-14-7-5-11-20(13-14)12-6-10-19-18(21)17-15(2)8-4-9-16(17)22-3/h4,8-9,14H,5-7,10-13H2,1-3H3,(H,19,21). The van der Waals surface area contributed by atoms with E-state index in [1.807, 2.05) is 25.1 Å². The van der Waals surface area contributed by atoms with E-state index in [0.717, 1.165) is 24.4 Å². The van der Waals surface area contributed by atoms with Crippen LogP contribution in [0.4, 0.5) is 0 Å². The Morgan fingerprint density at radius 2 is 2.27 bits per heavy atom. The Bertz CT molecular complexity index is 502. The summed E-state index contributed by atoms with van der Waals surface area (Å²) < 4.78 is 5.29. The fourth-order valence-corrected chi connectivity index (χ4v) is 3.18. The van der Waals surface area contributed by atoms with Crippen LogP contribution in [-0.2, 0) is 0 Å². The lowest BCUT2D eigenvalue weighted by atomic mass is 10.0. The van der Waals surface area contributed by atoms with Crippen molar-refractivity contribution in [2.24, 2.45) is 5.92 Å². The van der Waals surface area contributed by atoms with Crippen molar-refractivity contribution in [2.75, 3.05) is 33.3 Å². The van der Waals surface area contributed by atoms with E-state index in [0.29, 0.717) is 17.9 Å². The highest BCUT2D eigenvalue weighted by molar-refractivity contribution is 5.98. The third-order valence-corrected chi connectivity index (χ3v) is 4.36. The van der Waals surface area contributed by atoms with E-state index in [4.69, 9.17) is 4.74 Å². The van der Waals surface area contributed by atoms with Crippen LogP contribution < -0.4 is 10.1 Å². The third kappa shape index (κ3) is 4.47. The summed E-state index contributed by atoms with van der Waals surface area (Å²) in [4.78, 5) is 14.9. The second kappa shape index (κ2) is 8.18. The van der Waals surface area contributed by atoms with Gasteiger partial charge in [-0.15, -0.1) is 0 Å². The fraction of sp³-hybridized carbons (Fsp3) is 0.611. The summed E-state index contributed by atoms with van der Waals surface area (Å²) in [6, 6.07) is 5.67. The van der Waals surface area contributed by atoms with Gasteiger partial charge in [0.05, 0.1) is 12.7 Å². The molecule has 1 fully saturated rings. The van der Waals surface area contributed by atoms with E-state index < -0.39 is 0 Å². The summed E-state index contributed by atoms with van der Waals surface area (Å²) in [5, 5.41) is 3.02. The second-order valence-corrected chi connectivity index (χ2v) is 6.31. The lowest BCUT2D eigenvalue weighted by molar-refractivity contribution is 0.0946. The number of hydrogen-bond donors (Lipinski definition) is 1. The van der Waals surface area contributed by atoms with Gasteiger partial charge in [0, 0.05) is 13.1 Å². The highest BCUT2D eigenvalue weighted by Gasteiger charge is 2.16. The van der Waals surface area contributed by atoms with E-state index >= 15 is 0 Å². The SMILES string of the molecule is COc1cccc(C)c1C(=O)NCCCN1CCCC(C)C1. The maximum absolute atomic E-state index is 12.3. The molecule has 1 aromatic rings. The van der Waals surface area contributed by atoms with E-state index in [-0.39, 0.29) is 5.91 Å². The van der Waals surface area contributed by atoms with Gasteiger partial charge in [-0.3, -0.25) is 4.79 Å². The number of ether oxygens (including phenoxy) is 1. The Morgan fingerprint density at radius 1 is 1.45 bits per heavy atom. The predicted molar refractivity (Wildman–Crippen MR) is 89.5 cm³/mol. The highest BCUT2D eigenvalue weighted by Crippen LogP contribution is 2.21. The molecule has 0 bridgehead atoms. The summed E-state index contributed by atoms with van der Waals surface area (Å²) in [5.41, 5.74) is 1.60. The molecule has 1 saturated heterocycles. The van der Waals surface area contributed by atoms with E-state index in [2.05, 4.69) is 17.1 Å². The number of nitrogens with one attached hydrogen (secondary N) is 1. The topological polar surface area (TPSA) is 41.6 Å². The maximum Gasteiger partial charge on any atom is 0.255 e. The van der Waals surface area contributed by atoms with Crippen molar-refractivity contribution in [3.8, 4) is 5.75 Å². The minimum Gasteiger partial charge on any atom is -0.496 e. The maximum atomic E-state index is 12.3. The van der Waals surface area contributed by atoms with Crippen LogP contribution >= 0.6 is 0 Å². The molecule has 1 aliphatic rings. The summed E-state index contributed by atoms with van der Waals surface area (Å²) in [6.45, 7) is 8.42. The molecule has 22 heavy (non-hydrogen) atoms. The van der Waals surface area contributed by atoms with Gasteiger partial charge in [0.25, 0.3) is 5.91 Å². The number of amides is 1. The average molecular weight is 304 g/mol. The fourth-order valence-electron chi connectivity index (χ4n) is 3.18. The number of nitrogens with zero attached hydrogens (tertiary/aromatic N) is 1. The molecule has 4 nitrogen and oxygen atoms in total. The number of hydrogen-bond acceptors (Lipinski definition) is 3. The van der Waals surface area contributed by atoms with E-state index in [9.17, 15) is 4.79 Å². The van der Waals surface area contributed by atoms with Crippen molar-refractivity contribution in [2.45, 2.75) is 33.1 Å². The van der Waals surface area contributed by atoms with Crippen LogP contribution in [0.1, 0.15) is 42.1 Å². The number of methoxy groups -OCH3 is 1. The van der Waals surface area contributed by atoms with Gasteiger partial charge < -0.3 is 15.0 Å². The number of carbonyl (C=O) groups excluding carboxylic acids is 1. The molecule has 122 valence electrons. The lowest BCUT2D eigenvalue weighted by Gasteiger charge is -2.30. The minimum atomic E-state index is -0.0398. The summed E-state index contributed by atoms with van der Waals surface area (Å²) in [5.74, 6) is 1.41. The molecule has 2 rings (SSSR count). The monoisotopic (exact) mass is 304 g/mol. The van der Waals surface area contributed by atoms with Gasteiger partial charge in [-0.05, 0) is 56.8 Å². The zero-order valence-corrected chi connectivity index (χ0v) is 14.0. The van der Waals surface area contributed by atoms with Crippen LogP contribution in [0.15, 0.2) is 18.2 Å². The van der Waals surface area contributed by atoms with Crippen LogP contribution in [0.5, 0.6) is 5.75 Å². The molecule has 1 N–H and O–H groups in total. The number of carbonyl (C=O) groups is 1. The number of rotatable bonds is 6. The van der Waals surface area contributed by atoms with Crippen molar-refractivity contribution in [1.29, 1.82) is 0 Å². The van der Waals surface area contributed by atoms with Gasteiger partial charge in [-0.25, -0.2) is 0 Å². The molecular weight excluding hydrogens is 276 g/mol. The third-order valence-electron chi connectivity index (χ3n) is 4.36. The molecule has 0 saturated carbocycles. The molecule has 1 amide bonds. The summed E-state index contributed by atoms with van der Waals surface area (Å²) in [6.07, 6.45) is 3.64. The molecule has 1 aliphatic heterocycles. The van der Waals surface area contributed by atoms with Crippen molar-refractivity contribution in [3.63, 3.8) is 0 Å². The number of piperidine rings is 1. The molecule has 0 spiro atoms. The Kier molecular flexibility index (Phi) is 6.25. The molecule has 1 aromatic carbocycles. The first-order valence-electron chi connectivity index (χ1n) is 8.26. The molecule has 1 heterocycles. The first-order chi connectivity index (χ1) is 10.6. The zero-order chi connectivity index (χ0) is 15.9. The van der Waals surface area contributed by atoms with E-state index in [1.54, 1.807) is 7.11 Å². The largest absolute Gasteiger partial charge is 0.496 e. The minimum absolute atomic E-state index is 0.0398. The van der Waals surface area contributed by atoms with Crippen LogP contribution in [0, 0.1) is 12.8 Å². The zero-order valence-electron chi connectivity index (χ0n) is 14.0. The smallest absolute Gasteiger partial charge is 0.255 e. The summed E-state index contributed by atoms with van der Waals surface area (Å²) >= 11 is 0. The Balaban J connectivity index is 1.78. The van der Waals surface area contributed by atoms with Crippen LogP contribution in [0.3, 0.4) is 0 Å².